The number of hydrogen-bond acceptors (Lipinski definition) is 7. The smallest absolute Gasteiger partial charge is 0.300 e. The minimum absolute atomic E-state index is 0.0243. The molecule has 46 heavy (non-hydrogen) atoms. The SMILES string of the molecule is CC(=O)O.CCN(Cc1c(F)c(F)c(F)c(F)c1F)C(=O)CNC(=O)[C@@H](CCCN=C(N)N)NC(=O)[C@@H](N)Cc1ccc(O)cc1. The summed E-state index contributed by atoms with van der Waals surface area (Å²) in [6, 6.07) is 3.69. The van der Waals surface area contributed by atoms with E-state index in [1.165, 1.54) is 19.1 Å². The predicted molar refractivity (Wildman–Crippen MR) is 155 cm³/mol. The summed E-state index contributed by atoms with van der Waals surface area (Å²) < 4.78 is 68.7. The van der Waals surface area contributed by atoms with E-state index in [0.29, 0.717) is 5.56 Å². The van der Waals surface area contributed by atoms with Crippen LogP contribution in [0.1, 0.15) is 37.8 Å². The molecule has 0 bridgehead atoms. The number of nitrogens with two attached hydrogens (primary N) is 3. The van der Waals surface area contributed by atoms with Gasteiger partial charge in [-0.05, 0) is 43.9 Å². The Hall–Kier alpha value is -5.00. The standard InChI is InChI=1S/C26H32F5N7O4.C2H4O2/c1-2-38(12-15-19(27)21(29)23(31)22(30)20(15)28)18(40)11-36-25(42)17(4-3-9-35-26(33)34)37-24(41)16(32)10-13-5-7-14(39)8-6-13;1-2(3)4/h5-8,16-17,39H,2-4,9-12,32H2,1H3,(H,36,42)(H,37,41)(H4,33,34,35);1H3,(H,3,4)/t16-,17+;/m0./s1. The highest BCUT2D eigenvalue weighted by molar-refractivity contribution is 5.92. The zero-order valence-corrected chi connectivity index (χ0v) is 25.0. The van der Waals surface area contributed by atoms with Crippen LogP contribution in [0, 0.1) is 29.1 Å². The molecule has 13 nitrogen and oxygen atoms in total. The quantitative estimate of drug-likeness (QED) is 0.0378. The van der Waals surface area contributed by atoms with E-state index in [1.54, 1.807) is 12.1 Å². The fourth-order valence-corrected chi connectivity index (χ4v) is 3.78. The lowest BCUT2D eigenvalue weighted by atomic mass is 10.0. The molecule has 0 saturated carbocycles. The minimum Gasteiger partial charge on any atom is -0.508 e. The number of nitrogens with one attached hydrogen (secondary N) is 2. The Kier molecular flexibility index (Phi) is 15.9. The number of phenolic OH excluding ortho intramolecular Hbond substituents is 1. The van der Waals surface area contributed by atoms with Gasteiger partial charge in [0.2, 0.25) is 23.5 Å². The number of benzene rings is 2. The van der Waals surface area contributed by atoms with Crippen molar-refractivity contribution in [2.24, 2.45) is 22.2 Å². The van der Waals surface area contributed by atoms with Crippen LogP contribution in [0.2, 0.25) is 0 Å². The highest BCUT2D eigenvalue weighted by Crippen LogP contribution is 2.24. The van der Waals surface area contributed by atoms with E-state index in [-0.39, 0.29) is 44.1 Å². The number of guanidine groups is 1. The monoisotopic (exact) mass is 661 g/mol. The average Bonchev–Trinajstić information content (AvgIpc) is 2.99. The Morgan fingerprint density at radius 2 is 1.46 bits per heavy atom. The second-order valence-corrected chi connectivity index (χ2v) is 9.68. The van der Waals surface area contributed by atoms with Crippen molar-refractivity contribution in [2.45, 2.75) is 51.7 Å². The molecule has 2 aromatic rings. The normalized spacial score (nSPS) is 11.7. The van der Waals surface area contributed by atoms with Gasteiger partial charge in [0.15, 0.2) is 29.2 Å². The van der Waals surface area contributed by atoms with Gasteiger partial charge in [-0.2, -0.15) is 0 Å². The third-order valence-electron chi connectivity index (χ3n) is 6.10. The first-order valence-corrected chi connectivity index (χ1v) is 13.6. The van der Waals surface area contributed by atoms with E-state index >= 15 is 0 Å². The highest BCUT2D eigenvalue weighted by Gasteiger charge is 2.29. The van der Waals surface area contributed by atoms with Crippen molar-refractivity contribution in [3.63, 3.8) is 0 Å². The lowest BCUT2D eigenvalue weighted by Gasteiger charge is -2.24. The van der Waals surface area contributed by atoms with Gasteiger partial charge in [-0.1, -0.05) is 12.1 Å². The van der Waals surface area contributed by atoms with E-state index < -0.39 is 83.5 Å². The number of hydrogen-bond donors (Lipinski definition) is 7. The van der Waals surface area contributed by atoms with Crippen molar-refractivity contribution >= 4 is 29.7 Å². The van der Waals surface area contributed by atoms with Crippen LogP contribution in [-0.2, 0) is 32.1 Å². The number of carboxylic acids is 1. The Bertz CT molecular complexity index is 1380. The van der Waals surface area contributed by atoms with Crippen LogP contribution in [0.4, 0.5) is 22.0 Å². The van der Waals surface area contributed by atoms with E-state index in [9.17, 15) is 41.4 Å². The number of carboxylic acid groups (broad SMARTS) is 1. The van der Waals surface area contributed by atoms with Crippen LogP contribution in [0.15, 0.2) is 29.3 Å². The van der Waals surface area contributed by atoms with Gasteiger partial charge in [0.1, 0.15) is 11.8 Å². The summed E-state index contributed by atoms with van der Waals surface area (Å²) in [6.07, 6.45) is 0.339. The van der Waals surface area contributed by atoms with Crippen molar-refractivity contribution < 1.29 is 51.3 Å². The van der Waals surface area contributed by atoms with E-state index in [4.69, 9.17) is 27.1 Å². The zero-order chi connectivity index (χ0) is 35.1. The summed E-state index contributed by atoms with van der Waals surface area (Å²) in [5.74, 6) is -14.2. The number of phenols is 1. The number of rotatable bonds is 14. The summed E-state index contributed by atoms with van der Waals surface area (Å²) in [7, 11) is 0. The van der Waals surface area contributed by atoms with Gasteiger partial charge in [-0.3, -0.25) is 24.2 Å². The van der Waals surface area contributed by atoms with Gasteiger partial charge in [-0.25, -0.2) is 22.0 Å². The van der Waals surface area contributed by atoms with Crippen molar-refractivity contribution in [2.75, 3.05) is 19.6 Å². The maximum absolute atomic E-state index is 14.1. The molecule has 3 amide bonds. The number of aromatic hydroxyl groups is 1. The minimum atomic E-state index is -2.33. The molecule has 0 heterocycles. The number of carbonyl (C=O) groups excluding carboxylic acids is 3. The third kappa shape index (κ3) is 12.5. The van der Waals surface area contributed by atoms with E-state index in [2.05, 4.69) is 15.6 Å². The molecule has 10 N–H and O–H groups in total. The van der Waals surface area contributed by atoms with Crippen LogP contribution in [0.3, 0.4) is 0 Å². The van der Waals surface area contributed by atoms with Crippen LogP contribution in [0.25, 0.3) is 0 Å². The first kappa shape index (κ1) is 39.0. The van der Waals surface area contributed by atoms with E-state index in [1.807, 2.05) is 0 Å². The maximum Gasteiger partial charge on any atom is 0.300 e. The molecule has 0 aromatic heterocycles. The van der Waals surface area contributed by atoms with Gasteiger partial charge in [0.05, 0.1) is 19.1 Å². The number of aliphatic carboxylic acids is 1. The van der Waals surface area contributed by atoms with Gasteiger partial charge >= 0.3 is 0 Å². The molecule has 18 heteroatoms. The molecule has 0 saturated heterocycles. The van der Waals surface area contributed by atoms with Crippen LogP contribution in [-0.4, -0.2) is 76.5 Å². The largest absolute Gasteiger partial charge is 0.508 e. The maximum atomic E-state index is 14.1. The van der Waals surface area contributed by atoms with Gasteiger partial charge in [0, 0.05) is 25.6 Å². The van der Waals surface area contributed by atoms with Crippen LogP contribution >= 0.6 is 0 Å². The Morgan fingerprint density at radius 1 is 0.935 bits per heavy atom. The lowest BCUT2D eigenvalue weighted by molar-refractivity contribution is -0.135. The molecular weight excluding hydrogens is 625 g/mol. The summed E-state index contributed by atoms with van der Waals surface area (Å²) in [5, 5.41) is 21.6. The highest BCUT2D eigenvalue weighted by atomic mass is 19.2. The van der Waals surface area contributed by atoms with Gasteiger partial charge < -0.3 is 42.9 Å². The summed E-state index contributed by atoms with van der Waals surface area (Å²) in [4.78, 5) is 51.9. The molecule has 2 rings (SSSR count). The number of nitrogens with zero attached hydrogens (tertiary/aromatic N) is 2. The number of halogens is 5. The summed E-state index contributed by atoms with van der Waals surface area (Å²) >= 11 is 0. The Morgan fingerprint density at radius 3 is 1.96 bits per heavy atom. The molecule has 0 unspecified atom stereocenters. The van der Waals surface area contributed by atoms with Crippen molar-refractivity contribution in [3.05, 3.63) is 64.5 Å². The van der Waals surface area contributed by atoms with Crippen molar-refractivity contribution in [1.29, 1.82) is 0 Å². The topological polar surface area (TPSA) is 226 Å². The molecular formula is C28H36F5N7O6. The van der Waals surface area contributed by atoms with E-state index in [0.717, 1.165) is 11.8 Å². The number of amides is 3. The zero-order valence-electron chi connectivity index (χ0n) is 25.0. The molecule has 0 fully saturated rings. The number of carbonyl (C=O) groups is 4. The molecule has 0 spiro atoms. The number of aliphatic imine (C=N–C) groups is 1. The first-order valence-electron chi connectivity index (χ1n) is 13.6. The predicted octanol–water partition coefficient (Wildman–Crippen LogP) is 0.752. The van der Waals surface area contributed by atoms with Gasteiger partial charge in [0.25, 0.3) is 5.97 Å². The third-order valence-corrected chi connectivity index (χ3v) is 6.10. The molecule has 0 aliphatic rings. The number of likely N-dealkylation sites (N-methyl/N-ethyl adjacent to an activating group) is 1. The summed E-state index contributed by atoms with van der Waals surface area (Å²) in [6.45, 7) is 0.725. The second kappa shape index (κ2) is 18.7. The van der Waals surface area contributed by atoms with Crippen molar-refractivity contribution in [3.8, 4) is 5.75 Å². The lowest BCUT2D eigenvalue weighted by Crippen LogP contribution is -2.53. The molecule has 254 valence electrons. The molecule has 0 aliphatic heterocycles. The van der Waals surface area contributed by atoms with Crippen LogP contribution < -0.4 is 27.8 Å². The van der Waals surface area contributed by atoms with Crippen LogP contribution in [0.5, 0.6) is 5.75 Å². The first-order chi connectivity index (χ1) is 21.5. The second-order valence-electron chi connectivity index (χ2n) is 9.68. The Labute approximate surface area is 260 Å². The Balaban J connectivity index is 0.00000249. The molecule has 0 aliphatic carbocycles. The molecule has 2 atom stereocenters. The fraction of sp³-hybridized carbons (Fsp3) is 0.393. The molecule has 0 radical (unpaired) electrons. The molecule has 2 aromatic carbocycles. The van der Waals surface area contributed by atoms with Gasteiger partial charge in [-0.15, -0.1) is 0 Å². The average molecular weight is 662 g/mol. The fourth-order valence-electron chi connectivity index (χ4n) is 3.78. The van der Waals surface area contributed by atoms with Crippen molar-refractivity contribution in [1.82, 2.24) is 15.5 Å². The summed E-state index contributed by atoms with van der Waals surface area (Å²) in [5.41, 5.74) is 16.0.